The van der Waals surface area contributed by atoms with Crippen molar-refractivity contribution in [3.8, 4) is 6.07 Å². The van der Waals surface area contributed by atoms with E-state index < -0.39 is 0 Å². The molecule has 2 aliphatic rings. The van der Waals surface area contributed by atoms with E-state index in [0.717, 1.165) is 6.04 Å². The molecule has 3 nitrogen and oxygen atoms in total. The van der Waals surface area contributed by atoms with Crippen molar-refractivity contribution in [3.05, 3.63) is 0 Å². The summed E-state index contributed by atoms with van der Waals surface area (Å²) in [6.45, 7) is 3.00. The van der Waals surface area contributed by atoms with Crippen LogP contribution in [0.4, 0.5) is 0 Å². The molecule has 0 aromatic carbocycles. The average molecular weight is 207 g/mol. The van der Waals surface area contributed by atoms with Crippen molar-refractivity contribution in [1.29, 1.82) is 5.26 Å². The molecular formula is C12H21N3. The van der Waals surface area contributed by atoms with Crippen LogP contribution in [-0.4, -0.2) is 48.6 Å². The van der Waals surface area contributed by atoms with E-state index in [1.54, 1.807) is 0 Å². The molecule has 0 aromatic heterocycles. The lowest BCUT2D eigenvalue weighted by atomic mass is 10.2. The van der Waals surface area contributed by atoms with Gasteiger partial charge in [0.25, 0.3) is 0 Å². The van der Waals surface area contributed by atoms with E-state index in [2.05, 4.69) is 22.9 Å². The van der Waals surface area contributed by atoms with Gasteiger partial charge in [0.15, 0.2) is 0 Å². The van der Waals surface area contributed by atoms with Gasteiger partial charge in [-0.1, -0.05) is 12.8 Å². The van der Waals surface area contributed by atoms with E-state index in [1.165, 1.54) is 45.2 Å². The van der Waals surface area contributed by atoms with E-state index in [-0.39, 0.29) is 0 Å². The molecule has 0 radical (unpaired) electrons. The van der Waals surface area contributed by atoms with Crippen LogP contribution in [0.25, 0.3) is 0 Å². The van der Waals surface area contributed by atoms with Gasteiger partial charge in [-0.15, -0.1) is 0 Å². The average Bonchev–Trinajstić information content (AvgIpc) is 2.89. The molecule has 2 rings (SSSR count). The molecule has 1 heterocycles. The minimum atomic E-state index is 0.573. The molecule has 1 atom stereocenters. The molecule has 1 unspecified atom stereocenters. The van der Waals surface area contributed by atoms with Crippen molar-refractivity contribution < 1.29 is 0 Å². The third-order valence-corrected chi connectivity index (χ3v) is 3.98. The molecule has 1 aliphatic heterocycles. The normalized spacial score (nSPS) is 28.7. The second kappa shape index (κ2) is 4.96. The lowest BCUT2D eigenvalue weighted by Gasteiger charge is -2.25. The van der Waals surface area contributed by atoms with Crippen LogP contribution in [0.2, 0.25) is 0 Å². The van der Waals surface area contributed by atoms with Crippen molar-refractivity contribution in [2.24, 2.45) is 0 Å². The lowest BCUT2D eigenvalue weighted by molar-refractivity contribution is 0.211. The molecule has 84 valence electrons. The summed E-state index contributed by atoms with van der Waals surface area (Å²) in [5.41, 5.74) is 0. The maximum absolute atomic E-state index is 8.67. The summed E-state index contributed by atoms with van der Waals surface area (Å²) in [5.74, 6) is 0. The Kier molecular flexibility index (Phi) is 3.61. The standard InChI is InChI=1S/C12H21N3/c1-14(9-7-13)12-6-8-15(10-12)11-4-2-3-5-11/h11-12H,2-6,8-10H2,1H3. The summed E-state index contributed by atoms with van der Waals surface area (Å²) >= 11 is 0. The Bertz CT molecular complexity index is 240. The van der Waals surface area contributed by atoms with Crippen LogP contribution < -0.4 is 0 Å². The van der Waals surface area contributed by atoms with E-state index in [4.69, 9.17) is 5.26 Å². The summed E-state index contributed by atoms with van der Waals surface area (Å²) in [6.07, 6.45) is 6.87. The molecule has 1 aliphatic carbocycles. The van der Waals surface area contributed by atoms with Crippen molar-refractivity contribution >= 4 is 0 Å². The predicted molar refractivity (Wildman–Crippen MR) is 60.5 cm³/mol. The zero-order chi connectivity index (χ0) is 10.7. The SMILES string of the molecule is CN(CC#N)C1CCN(C2CCCC2)C1. The van der Waals surface area contributed by atoms with Crippen molar-refractivity contribution in [3.63, 3.8) is 0 Å². The monoisotopic (exact) mass is 207 g/mol. The number of hydrogen-bond donors (Lipinski definition) is 0. The van der Waals surface area contributed by atoms with Gasteiger partial charge in [-0.3, -0.25) is 9.80 Å². The predicted octanol–water partition coefficient (Wildman–Crippen LogP) is 1.46. The van der Waals surface area contributed by atoms with Gasteiger partial charge < -0.3 is 0 Å². The highest BCUT2D eigenvalue weighted by Gasteiger charge is 2.31. The van der Waals surface area contributed by atoms with E-state index in [9.17, 15) is 0 Å². The molecule has 3 heteroatoms. The first-order chi connectivity index (χ1) is 7.31. The zero-order valence-corrected chi connectivity index (χ0v) is 9.65. The summed E-state index contributed by atoms with van der Waals surface area (Å²) in [7, 11) is 2.08. The van der Waals surface area contributed by atoms with Crippen LogP contribution in [0.15, 0.2) is 0 Å². The van der Waals surface area contributed by atoms with Gasteiger partial charge in [0.2, 0.25) is 0 Å². The Morgan fingerprint density at radius 1 is 1.33 bits per heavy atom. The van der Waals surface area contributed by atoms with Crippen LogP contribution >= 0.6 is 0 Å². The third kappa shape index (κ3) is 2.50. The molecule has 0 spiro atoms. The van der Waals surface area contributed by atoms with Gasteiger partial charge >= 0.3 is 0 Å². The highest BCUT2D eigenvalue weighted by molar-refractivity contribution is 4.90. The number of likely N-dealkylation sites (tertiary alicyclic amines) is 1. The summed E-state index contributed by atoms with van der Waals surface area (Å²) in [6, 6.07) is 3.70. The molecule has 0 aromatic rings. The first kappa shape index (κ1) is 10.9. The van der Waals surface area contributed by atoms with Gasteiger partial charge in [-0.2, -0.15) is 5.26 Å². The van der Waals surface area contributed by atoms with Gasteiger partial charge in [0, 0.05) is 25.2 Å². The molecule has 1 saturated carbocycles. The summed E-state index contributed by atoms with van der Waals surface area (Å²) in [4.78, 5) is 4.85. The number of nitrogens with zero attached hydrogens (tertiary/aromatic N) is 3. The molecular weight excluding hydrogens is 186 g/mol. The maximum Gasteiger partial charge on any atom is 0.0866 e. The number of likely N-dealkylation sites (N-methyl/N-ethyl adjacent to an activating group) is 1. The fraction of sp³-hybridized carbons (Fsp3) is 0.917. The van der Waals surface area contributed by atoms with E-state index in [0.29, 0.717) is 12.6 Å². The van der Waals surface area contributed by atoms with Crippen LogP contribution in [0.3, 0.4) is 0 Å². The van der Waals surface area contributed by atoms with Gasteiger partial charge in [0.05, 0.1) is 12.6 Å². The number of hydrogen-bond acceptors (Lipinski definition) is 3. The molecule has 0 amide bonds. The second-order valence-electron chi connectivity index (χ2n) is 4.95. The first-order valence-electron chi connectivity index (χ1n) is 6.12. The molecule has 0 bridgehead atoms. The summed E-state index contributed by atoms with van der Waals surface area (Å²) < 4.78 is 0. The highest BCUT2D eigenvalue weighted by atomic mass is 15.3. The Morgan fingerprint density at radius 3 is 2.73 bits per heavy atom. The van der Waals surface area contributed by atoms with Crippen LogP contribution in [0.1, 0.15) is 32.1 Å². The quantitative estimate of drug-likeness (QED) is 0.656. The van der Waals surface area contributed by atoms with Crippen LogP contribution in [-0.2, 0) is 0 Å². The Hall–Kier alpha value is -0.590. The largest absolute Gasteiger partial charge is 0.299 e. The van der Waals surface area contributed by atoms with Crippen LogP contribution in [0.5, 0.6) is 0 Å². The van der Waals surface area contributed by atoms with Crippen molar-refractivity contribution in [2.45, 2.75) is 44.2 Å². The highest BCUT2D eigenvalue weighted by Crippen LogP contribution is 2.27. The Labute approximate surface area is 92.7 Å². The maximum atomic E-state index is 8.67. The van der Waals surface area contributed by atoms with Gasteiger partial charge in [0.1, 0.15) is 0 Å². The fourth-order valence-electron chi connectivity index (χ4n) is 2.97. The number of nitriles is 1. The second-order valence-corrected chi connectivity index (χ2v) is 4.95. The molecule has 1 saturated heterocycles. The summed E-state index contributed by atoms with van der Waals surface area (Å²) in [5, 5.41) is 8.67. The lowest BCUT2D eigenvalue weighted by Crippen LogP contribution is -2.37. The van der Waals surface area contributed by atoms with Gasteiger partial charge in [-0.05, 0) is 26.3 Å². The topological polar surface area (TPSA) is 30.3 Å². The van der Waals surface area contributed by atoms with Crippen LogP contribution in [0, 0.1) is 11.3 Å². The zero-order valence-electron chi connectivity index (χ0n) is 9.65. The first-order valence-corrected chi connectivity index (χ1v) is 6.12. The molecule has 0 N–H and O–H groups in total. The van der Waals surface area contributed by atoms with E-state index in [1.807, 2.05) is 0 Å². The molecule has 15 heavy (non-hydrogen) atoms. The minimum Gasteiger partial charge on any atom is -0.299 e. The van der Waals surface area contributed by atoms with Crippen molar-refractivity contribution in [2.75, 3.05) is 26.7 Å². The van der Waals surface area contributed by atoms with Crippen molar-refractivity contribution in [1.82, 2.24) is 9.80 Å². The van der Waals surface area contributed by atoms with E-state index >= 15 is 0 Å². The minimum absolute atomic E-state index is 0.573. The number of rotatable bonds is 3. The molecule has 2 fully saturated rings. The van der Waals surface area contributed by atoms with Gasteiger partial charge in [-0.25, -0.2) is 0 Å². The third-order valence-electron chi connectivity index (χ3n) is 3.98. The smallest absolute Gasteiger partial charge is 0.0866 e. The fourth-order valence-corrected chi connectivity index (χ4v) is 2.97. The Morgan fingerprint density at radius 2 is 2.07 bits per heavy atom. The Balaban J connectivity index is 1.81.